The van der Waals surface area contributed by atoms with E-state index in [-0.39, 0.29) is 5.91 Å². The standard InChI is InChI=1S/C25H26N4O4/c1-32-22-11-9-19(14-23(22)33-2)28-15-17-3-7-18(8-4-17)25(31)29-21-13-16(5-10-20(21)26)6-12-24(27)30/h3-14,28H,15,26H2,1-2H3,(H2,27,30)(H,29,31)/b12-6+. The zero-order chi connectivity index (χ0) is 23.8. The van der Waals surface area contributed by atoms with Crippen LogP contribution in [0.25, 0.3) is 6.08 Å². The van der Waals surface area contributed by atoms with Gasteiger partial charge in [-0.05, 0) is 53.6 Å². The van der Waals surface area contributed by atoms with Crippen molar-refractivity contribution in [2.24, 2.45) is 5.73 Å². The Balaban J connectivity index is 1.64. The van der Waals surface area contributed by atoms with E-state index in [1.807, 2.05) is 30.3 Å². The van der Waals surface area contributed by atoms with Gasteiger partial charge in [0.2, 0.25) is 5.91 Å². The van der Waals surface area contributed by atoms with Crippen LogP contribution < -0.4 is 31.6 Å². The number of carbonyl (C=O) groups is 2. The van der Waals surface area contributed by atoms with Crippen LogP contribution in [0.2, 0.25) is 0 Å². The lowest BCUT2D eigenvalue weighted by atomic mass is 10.1. The Labute approximate surface area is 192 Å². The quantitative estimate of drug-likeness (QED) is 0.293. The number of hydrogen-bond acceptors (Lipinski definition) is 6. The van der Waals surface area contributed by atoms with Gasteiger partial charge in [-0.3, -0.25) is 9.59 Å². The molecule has 0 spiro atoms. The van der Waals surface area contributed by atoms with E-state index >= 15 is 0 Å². The van der Waals surface area contributed by atoms with Crippen LogP contribution in [0.3, 0.4) is 0 Å². The molecule has 0 fully saturated rings. The predicted molar refractivity (Wildman–Crippen MR) is 130 cm³/mol. The second kappa shape index (κ2) is 10.7. The Morgan fingerprint density at radius 1 is 0.939 bits per heavy atom. The lowest BCUT2D eigenvalue weighted by molar-refractivity contribution is -0.113. The van der Waals surface area contributed by atoms with E-state index in [1.54, 1.807) is 50.6 Å². The molecule has 0 aliphatic heterocycles. The fraction of sp³-hybridized carbons (Fsp3) is 0.120. The summed E-state index contributed by atoms with van der Waals surface area (Å²) in [5, 5.41) is 6.12. The zero-order valence-corrected chi connectivity index (χ0v) is 18.4. The normalized spacial score (nSPS) is 10.6. The first-order valence-corrected chi connectivity index (χ1v) is 10.1. The molecule has 3 aromatic carbocycles. The van der Waals surface area contributed by atoms with E-state index < -0.39 is 5.91 Å². The number of hydrogen-bond donors (Lipinski definition) is 4. The lowest BCUT2D eigenvalue weighted by Crippen LogP contribution is -2.13. The molecule has 2 amide bonds. The Morgan fingerprint density at radius 3 is 2.33 bits per heavy atom. The van der Waals surface area contributed by atoms with E-state index in [4.69, 9.17) is 20.9 Å². The number of anilines is 3. The van der Waals surface area contributed by atoms with E-state index in [2.05, 4.69) is 10.6 Å². The summed E-state index contributed by atoms with van der Waals surface area (Å²) in [6.07, 6.45) is 2.80. The van der Waals surface area contributed by atoms with Gasteiger partial charge in [-0.15, -0.1) is 0 Å². The van der Waals surface area contributed by atoms with Crippen molar-refractivity contribution in [3.8, 4) is 11.5 Å². The second-order valence-electron chi connectivity index (χ2n) is 7.16. The summed E-state index contributed by atoms with van der Waals surface area (Å²) in [7, 11) is 3.18. The molecule has 170 valence electrons. The number of methoxy groups -OCH3 is 2. The first kappa shape index (κ1) is 23.2. The number of rotatable bonds is 9. The lowest BCUT2D eigenvalue weighted by Gasteiger charge is -2.12. The van der Waals surface area contributed by atoms with Crippen LogP contribution in [0.1, 0.15) is 21.5 Å². The largest absolute Gasteiger partial charge is 0.493 e. The van der Waals surface area contributed by atoms with Crippen LogP contribution in [0.15, 0.2) is 66.7 Å². The summed E-state index contributed by atoms with van der Waals surface area (Å²) in [5.41, 5.74) is 15.0. The molecule has 3 aromatic rings. The van der Waals surface area contributed by atoms with E-state index in [9.17, 15) is 9.59 Å². The minimum Gasteiger partial charge on any atom is -0.493 e. The Hall–Kier alpha value is -4.46. The van der Waals surface area contributed by atoms with Crippen LogP contribution in [-0.2, 0) is 11.3 Å². The van der Waals surface area contributed by atoms with Crippen molar-refractivity contribution in [1.82, 2.24) is 0 Å². The van der Waals surface area contributed by atoms with E-state index in [0.717, 1.165) is 11.3 Å². The molecule has 0 radical (unpaired) electrons. The topological polar surface area (TPSA) is 129 Å². The van der Waals surface area contributed by atoms with Crippen LogP contribution in [0.5, 0.6) is 11.5 Å². The summed E-state index contributed by atoms with van der Waals surface area (Å²) >= 11 is 0. The Morgan fingerprint density at radius 2 is 1.67 bits per heavy atom. The van der Waals surface area contributed by atoms with Gasteiger partial charge in [-0.1, -0.05) is 18.2 Å². The Bertz CT molecular complexity index is 1170. The number of ether oxygens (including phenoxy) is 2. The molecule has 0 aliphatic carbocycles. The molecule has 8 heteroatoms. The van der Waals surface area contributed by atoms with Gasteiger partial charge in [0.1, 0.15) is 0 Å². The zero-order valence-electron chi connectivity index (χ0n) is 18.4. The molecular formula is C25H26N4O4. The van der Waals surface area contributed by atoms with Gasteiger partial charge in [-0.2, -0.15) is 0 Å². The maximum absolute atomic E-state index is 12.7. The smallest absolute Gasteiger partial charge is 0.255 e. The molecule has 6 N–H and O–H groups in total. The number of nitrogen functional groups attached to an aromatic ring is 1. The Kier molecular flexibility index (Phi) is 7.54. The highest BCUT2D eigenvalue weighted by atomic mass is 16.5. The van der Waals surface area contributed by atoms with Gasteiger partial charge < -0.3 is 31.6 Å². The predicted octanol–water partition coefficient (Wildman–Crippen LogP) is 3.65. The molecule has 0 bridgehead atoms. The number of amides is 2. The van der Waals surface area contributed by atoms with Gasteiger partial charge in [0.25, 0.3) is 5.91 Å². The summed E-state index contributed by atoms with van der Waals surface area (Å²) < 4.78 is 10.6. The van der Waals surface area contributed by atoms with Gasteiger partial charge in [0.15, 0.2) is 11.5 Å². The van der Waals surface area contributed by atoms with Gasteiger partial charge in [-0.25, -0.2) is 0 Å². The number of nitrogens with one attached hydrogen (secondary N) is 2. The molecule has 3 rings (SSSR count). The highest BCUT2D eigenvalue weighted by molar-refractivity contribution is 6.06. The molecule has 0 unspecified atom stereocenters. The average Bonchev–Trinajstić information content (AvgIpc) is 2.83. The molecule has 8 nitrogen and oxygen atoms in total. The van der Waals surface area contributed by atoms with Crippen LogP contribution >= 0.6 is 0 Å². The highest BCUT2D eigenvalue weighted by Crippen LogP contribution is 2.30. The van der Waals surface area contributed by atoms with Crippen LogP contribution in [0.4, 0.5) is 17.1 Å². The fourth-order valence-corrected chi connectivity index (χ4v) is 3.08. The summed E-state index contributed by atoms with van der Waals surface area (Å²) in [5.74, 6) is 0.451. The fourth-order valence-electron chi connectivity index (χ4n) is 3.08. The first-order chi connectivity index (χ1) is 15.9. The van der Waals surface area contributed by atoms with Gasteiger partial charge >= 0.3 is 0 Å². The SMILES string of the molecule is COc1ccc(NCc2ccc(C(=O)Nc3cc(/C=C/C(N)=O)ccc3N)cc2)cc1OC. The van der Waals surface area contributed by atoms with Crippen molar-refractivity contribution in [1.29, 1.82) is 0 Å². The average molecular weight is 447 g/mol. The highest BCUT2D eigenvalue weighted by Gasteiger charge is 2.09. The number of benzene rings is 3. The molecule has 0 aromatic heterocycles. The number of primary amides is 1. The van der Waals surface area contributed by atoms with Crippen LogP contribution in [-0.4, -0.2) is 26.0 Å². The minimum atomic E-state index is -0.557. The van der Waals surface area contributed by atoms with Gasteiger partial charge in [0.05, 0.1) is 25.6 Å². The van der Waals surface area contributed by atoms with Crippen molar-refractivity contribution in [2.45, 2.75) is 6.54 Å². The monoisotopic (exact) mass is 446 g/mol. The van der Waals surface area contributed by atoms with Gasteiger partial charge in [0, 0.05) is 29.9 Å². The molecule has 0 atom stereocenters. The molecule has 0 saturated heterocycles. The third-order valence-corrected chi connectivity index (χ3v) is 4.86. The van der Waals surface area contributed by atoms with Crippen molar-refractivity contribution in [2.75, 3.05) is 30.6 Å². The maximum atomic E-state index is 12.7. The van der Waals surface area contributed by atoms with Crippen molar-refractivity contribution in [3.63, 3.8) is 0 Å². The number of nitrogens with two attached hydrogens (primary N) is 2. The molecule has 0 saturated carbocycles. The van der Waals surface area contributed by atoms with Crippen molar-refractivity contribution < 1.29 is 19.1 Å². The third kappa shape index (κ3) is 6.27. The molecule has 0 heterocycles. The minimum absolute atomic E-state index is 0.294. The number of carbonyl (C=O) groups excluding carboxylic acids is 2. The van der Waals surface area contributed by atoms with Crippen molar-refractivity contribution >= 4 is 35.0 Å². The third-order valence-electron chi connectivity index (χ3n) is 4.86. The maximum Gasteiger partial charge on any atom is 0.255 e. The molecular weight excluding hydrogens is 420 g/mol. The second-order valence-corrected chi connectivity index (χ2v) is 7.16. The summed E-state index contributed by atoms with van der Waals surface area (Å²) in [6.45, 7) is 0.568. The van der Waals surface area contributed by atoms with E-state index in [0.29, 0.717) is 40.5 Å². The summed E-state index contributed by atoms with van der Waals surface area (Å²) in [4.78, 5) is 23.6. The summed E-state index contributed by atoms with van der Waals surface area (Å²) in [6, 6.07) is 17.9. The molecule has 0 aliphatic rings. The van der Waals surface area contributed by atoms with Crippen molar-refractivity contribution in [3.05, 3.63) is 83.4 Å². The first-order valence-electron chi connectivity index (χ1n) is 10.1. The van der Waals surface area contributed by atoms with E-state index in [1.165, 1.54) is 6.08 Å². The van der Waals surface area contributed by atoms with Crippen LogP contribution in [0, 0.1) is 0 Å². The molecule has 33 heavy (non-hydrogen) atoms.